The van der Waals surface area contributed by atoms with Gasteiger partial charge >= 0.3 is 0 Å². The summed E-state index contributed by atoms with van der Waals surface area (Å²) in [5.74, 6) is 1.16. The van der Waals surface area contributed by atoms with Crippen molar-refractivity contribution in [1.82, 2.24) is 0 Å². The number of ether oxygens (including phenoxy) is 2. The van der Waals surface area contributed by atoms with Gasteiger partial charge in [-0.3, -0.25) is 0 Å². The van der Waals surface area contributed by atoms with Gasteiger partial charge in [0.05, 0.1) is 69.5 Å². The lowest BCUT2D eigenvalue weighted by atomic mass is 10.1. The fraction of sp³-hybridized carbons (Fsp3) is 0.348. The van der Waals surface area contributed by atoms with Crippen molar-refractivity contribution in [2.45, 2.75) is 16.7 Å². The highest BCUT2D eigenvalue weighted by Gasteiger charge is 2.32. The van der Waals surface area contributed by atoms with Crippen molar-refractivity contribution >= 4 is 26.4 Å². The Balaban J connectivity index is 1.98. The second-order valence-corrected chi connectivity index (χ2v) is 9.93. The number of benzene rings is 2. The van der Waals surface area contributed by atoms with E-state index in [1.165, 1.54) is 4.90 Å². The number of aromatic amines is 1. The number of hydrogen-bond acceptors (Lipinski definition) is 5. The third-order valence-electron chi connectivity index (χ3n) is 5.93. The molecule has 2 N–H and O–H groups in total. The minimum atomic E-state index is -3.73. The lowest BCUT2D eigenvalue weighted by Gasteiger charge is -2.33. The molecule has 1 aromatic heterocycles. The summed E-state index contributed by atoms with van der Waals surface area (Å²) < 4.78 is 38.3. The summed E-state index contributed by atoms with van der Waals surface area (Å²) in [6, 6.07) is 10.7. The van der Waals surface area contributed by atoms with E-state index in [4.69, 9.17) is 9.47 Å². The SMILES string of the molecule is COc1cc2[nH+]cc(S(=O)(=O)c3ccc(C)cc3)c(N3CC[NH+](C)CC3)c2cc1OC. The van der Waals surface area contributed by atoms with Crippen LogP contribution >= 0.6 is 0 Å². The number of likely N-dealkylation sites (N-methyl/N-ethyl adjacent to an activating group) is 1. The van der Waals surface area contributed by atoms with Gasteiger partial charge in [0.15, 0.2) is 22.6 Å². The zero-order valence-electron chi connectivity index (χ0n) is 18.4. The van der Waals surface area contributed by atoms with Crippen LogP contribution in [0.4, 0.5) is 5.69 Å². The molecule has 1 fully saturated rings. The standard InChI is InChI=1S/C23H27N3O4S/c1-16-5-7-17(8-6-16)31(27,28)22-15-24-19-14-21(30-4)20(29-3)13-18(19)23(22)26-11-9-25(2)10-12-26/h5-8,13-15H,9-12H2,1-4H3/p+2. The Kier molecular flexibility index (Phi) is 5.77. The zero-order valence-corrected chi connectivity index (χ0v) is 19.2. The number of anilines is 1. The average molecular weight is 444 g/mol. The van der Waals surface area contributed by atoms with E-state index in [2.05, 4.69) is 16.9 Å². The highest BCUT2D eigenvalue weighted by atomic mass is 32.2. The monoisotopic (exact) mass is 443 g/mol. The van der Waals surface area contributed by atoms with Gasteiger partial charge in [-0.15, -0.1) is 0 Å². The van der Waals surface area contributed by atoms with Crippen LogP contribution < -0.4 is 24.3 Å². The van der Waals surface area contributed by atoms with E-state index in [1.54, 1.807) is 32.5 Å². The molecule has 2 aromatic carbocycles. The molecule has 1 saturated heterocycles. The van der Waals surface area contributed by atoms with Crippen LogP contribution in [0.5, 0.6) is 11.5 Å². The smallest absolute Gasteiger partial charge is 0.217 e. The molecule has 0 spiro atoms. The number of piperazine rings is 1. The largest absolute Gasteiger partial charge is 0.493 e. The van der Waals surface area contributed by atoms with Crippen LogP contribution in [0.15, 0.2) is 52.4 Å². The molecule has 7 nitrogen and oxygen atoms in total. The Labute approximate surface area is 183 Å². The fourth-order valence-corrected chi connectivity index (χ4v) is 5.48. The summed E-state index contributed by atoms with van der Waals surface area (Å²) in [6.45, 7) is 5.37. The van der Waals surface area contributed by atoms with E-state index in [9.17, 15) is 8.42 Å². The van der Waals surface area contributed by atoms with Crippen molar-refractivity contribution in [2.75, 3.05) is 52.3 Å². The topological polar surface area (TPSA) is 74.4 Å². The maximum atomic E-state index is 13.7. The Hall–Kier alpha value is -2.84. The molecule has 3 aromatic rings. The Morgan fingerprint density at radius 2 is 1.61 bits per heavy atom. The first-order chi connectivity index (χ1) is 14.8. The van der Waals surface area contributed by atoms with E-state index in [0.29, 0.717) is 17.2 Å². The quantitative estimate of drug-likeness (QED) is 0.640. The van der Waals surface area contributed by atoms with E-state index in [1.807, 2.05) is 31.2 Å². The van der Waals surface area contributed by atoms with Gasteiger partial charge in [0.1, 0.15) is 0 Å². The molecule has 0 bridgehead atoms. The second-order valence-electron chi connectivity index (χ2n) is 8.01. The number of nitrogens with zero attached hydrogens (tertiary/aromatic N) is 1. The van der Waals surface area contributed by atoms with Crippen LogP contribution in [0.25, 0.3) is 10.9 Å². The molecular formula is C23H29N3O4S+2. The molecule has 2 heterocycles. The van der Waals surface area contributed by atoms with Crippen LogP contribution in [0, 0.1) is 6.92 Å². The van der Waals surface area contributed by atoms with Crippen LogP contribution in [0.3, 0.4) is 0 Å². The maximum absolute atomic E-state index is 13.7. The minimum absolute atomic E-state index is 0.274. The first-order valence-electron chi connectivity index (χ1n) is 10.3. The molecule has 0 saturated carbocycles. The summed E-state index contributed by atoms with van der Waals surface area (Å²) >= 11 is 0. The Morgan fingerprint density at radius 1 is 1.00 bits per heavy atom. The number of fused-ring (bicyclic) bond motifs is 1. The van der Waals surface area contributed by atoms with Crippen molar-refractivity contribution in [3.63, 3.8) is 0 Å². The number of quaternary nitrogens is 1. The predicted molar refractivity (Wildman–Crippen MR) is 119 cm³/mol. The van der Waals surface area contributed by atoms with Crippen molar-refractivity contribution in [3.8, 4) is 11.5 Å². The summed E-state index contributed by atoms with van der Waals surface area (Å²) in [7, 11) is 1.60. The van der Waals surface area contributed by atoms with E-state index in [-0.39, 0.29) is 9.79 Å². The molecule has 0 atom stereocenters. The summed E-state index contributed by atoms with van der Waals surface area (Å²) in [5.41, 5.74) is 2.52. The van der Waals surface area contributed by atoms with Crippen molar-refractivity contribution in [3.05, 3.63) is 48.2 Å². The number of methoxy groups -OCH3 is 2. The molecule has 0 amide bonds. The molecule has 8 heteroatoms. The lowest BCUT2D eigenvalue weighted by molar-refractivity contribution is -0.880. The molecule has 0 radical (unpaired) electrons. The molecule has 31 heavy (non-hydrogen) atoms. The van der Waals surface area contributed by atoms with Crippen LogP contribution in [0.1, 0.15) is 5.56 Å². The number of pyridine rings is 1. The van der Waals surface area contributed by atoms with Crippen molar-refractivity contribution in [1.29, 1.82) is 0 Å². The van der Waals surface area contributed by atoms with E-state index < -0.39 is 9.84 Å². The van der Waals surface area contributed by atoms with Crippen LogP contribution in [0.2, 0.25) is 0 Å². The molecule has 4 rings (SSSR count). The van der Waals surface area contributed by atoms with Gasteiger partial charge < -0.3 is 19.3 Å². The number of rotatable bonds is 5. The fourth-order valence-electron chi connectivity index (χ4n) is 4.03. The lowest BCUT2D eigenvalue weighted by Crippen LogP contribution is -3.12. The van der Waals surface area contributed by atoms with Crippen molar-refractivity contribution in [2.24, 2.45) is 0 Å². The van der Waals surface area contributed by atoms with E-state index in [0.717, 1.165) is 42.6 Å². The Morgan fingerprint density at radius 3 is 2.23 bits per heavy atom. The zero-order chi connectivity index (χ0) is 22.2. The van der Waals surface area contributed by atoms with Gasteiger partial charge in [-0.2, -0.15) is 0 Å². The number of hydrogen-bond donors (Lipinski definition) is 1. The normalized spacial score (nSPS) is 15.3. The van der Waals surface area contributed by atoms with Crippen molar-refractivity contribution < 1.29 is 27.8 Å². The third kappa shape index (κ3) is 3.93. The van der Waals surface area contributed by atoms with E-state index >= 15 is 0 Å². The molecule has 1 aliphatic heterocycles. The van der Waals surface area contributed by atoms with Gasteiger partial charge in [0.2, 0.25) is 15.4 Å². The molecule has 0 aliphatic carbocycles. The highest BCUT2D eigenvalue weighted by Crippen LogP contribution is 2.39. The number of aryl methyl sites for hydroxylation is 1. The van der Waals surface area contributed by atoms with Gasteiger partial charge in [-0.25, -0.2) is 13.4 Å². The predicted octanol–water partition coefficient (Wildman–Crippen LogP) is 1.15. The van der Waals surface area contributed by atoms with Gasteiger partial charge in [0, 0.05) is 6.07 Å². The number of nitrogens with one attached hydrogen (secondary N) is 2. The van der Waals surface area contributed by atoms with Crippen LogP contribution in [-0.4, -0.2) is 55.9 Å². The number of H-pyrrole nitrogens is 1. The first kappa shape index (κ1) is 21.4. The average Bonchev–Trinajstić information content (AvgIpc) is 2.78. The summed E-state index contributed by atoms with van der Waals surface area (Å²) in [4.78, 5) is 7.34. The molecular weight excluding hydrogens is 414 g/mol. The van der Waals surface area contributed by atoms with Gasteiger partial charge in [0.25, 0.3) is 0 Å². The second kappa shape index (κ2) is 8.36. The maximum Gasteiger partial charge on any atom is 0.217 e. The van der Waals surface area contributed by atoms with Gasteiger partial charge in [-0.05, 0) is 19.1 Å². The minimum Gasteiger partial charge on any atom is -0.493 e. The molecule has 164 valence electrons. The number of sulfone groups is 1. The Bertz CT molecular complexity index is 1200. The first-order valence-corrected chi connectivity index (χ1v) is 11.8. The highest BCUT2D eigenvalue weighted by molar-refractivity contribution is 7.91. The third-order valence-corrected chi connectivity index (χ3v) is 7.71. The summed E-state index contributed by atoms with van der Waals surface area (Å²) in [5, 5.41) is 0.797. The molecule has 0 unspecified atom stereocenters. The van der Waals surface area contributed by atoms with Crippen LogP contribution in [-0.2, 0) is 9.84 Å². The molecule has 1 aliphatic rings. The summed E-state index contributed by atoms with van der Waals surface area (Å²) in [6.07, 6.45) is 1.60. The number of aromatic nitrogens is 1. The van der Waals surface area contributed by atoms with Gasteiger partial charge in [-0.1, -0.05) is 17.7 Å².